The van der Waals surface area contributed by atoms with E-state index in [9.17, 15) is 9.59 Å². The topological polar surface area (TPSA) is 81.1 Å². The lowest BCUT2D eigenvalue weighted by Crippen LogP contribution is -2.48. The molecule has 19 heavy (non-hydrogen) atoms. The van der Waals surface area contributed by atoms with E-state index in [1.165, 1.54) is 11.9 Å². The zero-order valence-corrected chi connectivity index (χ0v) is 11.0. The second-order valence-electron chi connectivity index (χ2n) is 4.24. The van der Waals surface area contributed by atoms with Gasteiger partial charge in [-0.25, -0.2) is 4.79 Å². The lowest BCUT2D eigenvalue weighted by molar-refractivity contribution is -0.135. The molecule has 6 nitrogen and oxygen atoms in total. The van der Waals surface area contributed by atoms with Gasteiger partial charge >= 0.3 is 12.0 Å². The third kappa shape index (κ3) is 3.96. The number of hydrogen-bond donors (Lipinski definition) is 2. The monoisotopic (exact) mass is 266 g/mol. The molecule has 0 bridgehead atoms. The van der Waals surface area contributed by atoms with Crippen LogP contribution in [0.25, 0.3) is 0 Å². The van der Waals surface area contributed by atoms with Gasteiger partial charge < -0.3 is 15.1 Å². The standard InChI is InChI=1S/C13H18N2O4/c1-10(9-16)14(2)13(19)15(8-12(17)18)11-6-4-3-5-7-11/h3-7,10,16H,8-9H2,1-2H3,(H,17,18). The van der Waals surface area contributed by atoms with Gasteiger partial charge in [-0.2, -0.15) is 0 Å². The summed E-state index contributed by atoms with van der Waals surface area (Å²) in [6, 6.07) is 7.73. The normalized spacial score (nSPS) is 11.7. The number of para-hydroxylation sites is 1. The van der Waals surface area contributed by atoms with E-state index in [0.717, 1.165) is 4.90 Å². The van der Waals surface area contributed by atoms with E-state index in [-0.39, 0.29) is 12.6 Å². The minimum atomic E-state index is -1.10. The summed E-state index contributed by atoms with van der Waals surface area (Å²) in [4.78, 5) is 25.6. The fraction of sp³-hybridized carbons (Fsp3) is 0.385. The van der Waals surface area contributed by atoms with Gasteiger partial charge in [0.15, 0.2) is 0 Å². The number of amides is 2. The van der Waals surface area contributed by atoms with Crippen molar-refractivity contribution in [3.05, 3.63) is 30.3 Å². The number of carboxylic acids is 1. The highest BCUT2D eigenvalue weighted by Crippen LogP contribution is 2.15. The number of nitrogens with zero attached hydrogens (tertiary/aromatic N) is 2. The maximum Gasteiger partial charge on any atom is 0.325 e. The molecule has 6 heteroatoms. The van der Waals surface area contributed by atoms with Crippen LogP contribution in [-0.4, -0.2) is 53.4 Å². The second kappa shape index (κ2) is 6.75. The van der Waals surface area contributed by atoms with Crippen LogP contribution in [0.2, 0.25) is 0 Å². The average molecular weight is 266 g/mol. The van der Waals surface area contributed by atoms with E-state index < -0.39 is 18.5 Å². The lowest BCUT2D eigenvalue weighted by Gasteiger charge is -2.30. The first-order valence-electron chi connectivity index (χ1n) is 5.89. The van der Waals surface area contributed by atoms with Crippen LogP contribution < -0.4 is 4.90 Å². The van der Waals surface area contributed by atoms with Gasteiger partial charge in [-0.05, 0) is 19.1 Å². The summed E-state index contributed by atoms with van der Waals surface area (Å²) in [6.45, 7) is 1.07. The average Bonchev–Trinajstić information content (AvgIpc) is 2.43. The molecule has 0 saturated carbocycles. The van der Waals surface area contributed by atoms with E-state index >= 15 is 0 Å². The van der Waals surface area contributed by atoms with Crippen LogP contribution in [0.15, 0.2) is 30.3 Å². The van der Waals surface area contributed by atoms with Gasteiger partial charge in [-0.15, -0.1) is 0 Å². The minimum Gasteiger partial charge on any atom is -0.480 e. The van der Waals surface area contributed by atoms with Gasteiger partial charge in [-0.3, -0.25) is 9.69 Å². The molecule has 1 aromatic carbocycles. The molecule has 0 fully saturated rings. The number of carbonyl (C=O) groups is 2. The third-order valence-corrected chi connectivity index (χ3v) is 2.82. The van der Waals surface area contributed by atoms with Crippen molar-refractivity contribution in [3.63, 3.8) is 0 Å². The summed E-state index contributed by atoms with van der Waals surface area (Å²) in [5.41, 5.74) is 0.506. The number of benzene rings is 1. The Kier molecular flexibility index (Phi) is 5.32. The molecule has 0 saturated heterocycles. The first-order valence-corrected chi connectivity index (χ1v) is 5.89. The van der Waals surface area contributed by atoms with Gasteiger partial charge in [0.2, 0.25) is 0 Å². The number of anilines is 1. The van der Waals surface area contributed by atoms with Crippen molar-refractivity contribution in [1.82, 2.24) is 4.90 Å². The molecule has 104 valence electrons. The minimum absolute atomic E-state index is 0.183. The Morgan fingerprint density at radius 1 is 1.26 bits per heavy atom. The van der Waals surface area contributed by atoms with Gasteiger partial charge in [0.1, 0.15) is 6.54 Å². The summed E-state index contributed by atoms with van der Waals surface area (Å²) in [5, 5.41) is 18.0. The largest absolute Gasteiger partial charge is 0.480 e. The van der Waals surface area contributed by atoms with Gasteiger partial charge in [0.05, 0.1) is 12.6 Å². The van der Waals surface area contributed by atoms with E-state index in [1.807, 2.05) is 0 Å². The maximum atomic E-state index is 12.3. The van der Waals surface area contributed by atoms with Gasteiger partial charge in [0, 0.05) is 12.7 Å². The quantitative estimate of drug-likeness (QED) is 0.833. The van der Waals surface area contributed by atoms with Gasteiger partial charge in [0.25, 0.3) is 0 Å². The molecule has 1 rings (SSSR count). The zero-order valence-electron chi connectivity index (χ0n) is 11.0. The highest BCUT2D eigenvalue weighted by molar-refractivity contribution is 5.96. The number of aliphatic hydroxyl groups excluding tert-OH is 1. The molecule has 0 heterocycles. The molecular formula is C13H18N2O4. The van der Waals surface area contributed by atoms with E-state index in [1.54, 1.807) is 37.3 Å². The van der Waals surface area contributed by atoms with Crippen LogP contribution in [0.5, 0.6) is 0 Å². The number of hydrogen-bond acceptors (Lipinski definition) is 3. The number of urea groups is 1. The smallest absolute Gasteiger partial charge is 0.325 e. The Bertz CT molecular complexity index is 436. The number of likely N-dealkylation sites (N-methyl/N-ethyl adjacent to an activating group) is 1. The summed E-state index contributed by atoms with van der Waals surface area (Å²) < 4.78 is 0. The highest BCUT2D eigenvalue weighted by Gasteiger charge is 2.24. The van der Waals surface area contributed by atoms with Crippen molar-refractivity contribution in [1.29, 1.82) is 0 Å². The van der Waals surface area contributed by atoms with Crippen LogP contribution >= 0.6 is 0 Å². The summed E-state index contributed by atoms with van der Waals surface area (Å²) in [7, 11) is 1.53. The van der Waals surface area contributed by atoms with Crippen LogP contribution in [0.1, 0.15) is 6.92 Å². The lowest BCUT2D eigenvalue weighted by atomic mass is 10.2. The number of rotatable bonds is 5. The van der Waals surface area contributed by atoms with Gasteiger partial charge in [-0.1, -0.05) is 18.2 Å². The molecule has 0 spiro atoms. The molecule has 0 aliphatic carbocycles. The van der Waals surface area contributed by atoms with Crippen molar-refractivity contribution in [2.45, 2.75) is 13.0 Å². The van der Waals surface area contributed by atoms with E-state index in [2.05, 4.69) is 0 Å². The number of carbonyl (C=O) groups excluding carboxylic acids is 1. The summed E-state index contributed by atoms with van der Waals surface area (Å²) in [6.07, 6.45) is 0. The van der Waals surface area contributed by atoms with Crippen molar-refractivity contribution in [3.8, 4) is 0 Å². The molecule has 1 atom stereocenters. The number of aliphatic carboxylic acids is 1. The summed E-state index contributed by atoms with van der Waals surface area (Å²) >= 11 is 0. The fourth-order valence-electron chi connectivity index (χ4n) is 1.51. The summed E-state index contributed by atoms with van der Waals surface area (Å²) in [5.74, 6) is -1.10. The Labute approximate surface area is 111 Å². The van der Waals surface area contributed by atoms with E-state index in [4.69, 9.17) is 10.2 Å². The molecular weight excluding hydrogens is 248 g/mol. The Balaban J connectivity index is 2.98. The Hall–Kier alpha value is -2.08. The van der Waals surface area contributed by atoms with E-state index in [0.29, 0.717) is 5.69 Å². The molecule has 0 radical (unpaired) electrons. The van der Waals surface area contributed by atoms with Crippen LogP contribution in [0.4, 0.5) is 10.5 Å². The van der Waals surface area contributed by atoms with Crippen molar-refractivity contribution in [2.24, 2.45) is 0 Å². The fourth-order valence-corrected chi connectivity index (χ4v) is 1.51. The van der Waals surface area contributed by atoms with Crippen molar-refractivity contribution in [2.75, 3.05) is 25.1 Å². The molecule has 1 unspecified atom stereocenters. The van der Waals surface area contributed by atoms with Crippen molar-refractivity contribution >= 4 is 17.7 Å². The molecule has 2 N–H and O–H groups in total. The Morgan fingerprint density at radius 2 is 1.84 bits per heavy atom. The Morgan fingerprint density at radius 3 is 2.32 bits per heavy atom. The first-order chi connectivity index (χ1) is 8.97. The maximum absolute atomic E-state index is 12.3. The SMILES string of the molecule is CC(CO)N(C)C(=O)N(CC(=O)O)c1ccccc1. The molecule has 0 aromatic heterocycles. The zero-order chi connectivity index (χ0) is 14.4. The molecule has 0 aliphatic rings. The van der Waals surface area contributed by atoms with Crippen LogP contribution in [0, 0.1) is 0 Å². The first kappa shape index (κ1) is 15.0. The number of aliphatic hydroxyl groups is 1. The number of carboxylic acid groups (broad SMARTS) is 1. The third-order valence-electron chi connectivity index (χ3n) is 2.82. The second-order valence-corrected chi connectivity index (χ2v) is 4.24. The predicted octanol–water partition coefficient (Wildman–Crippen LogP) is 1.01. The van der Waals surface area contributed by atoms with Crippen molar-refractivity contribution < 1.29 is 19.8 Å². The van der Waals surface area contributed by atoms with Crippen LogP contribution in [0.3, 0.4) is 0 Å². The predicted molar refractivity (Wildman–Crippen MR) is 71.1 cm³/mol. The molecule has 2 amide bonds. The highest BCUT2D eigenvalue weighted by atomic mass is 16.4. The molecule has 0 aliphatic heterocycles. The van der Waals surface area contributed by atoms with Crippen LogP contribution in [-0.2, 0) is 4.79 Å². The molecule has 1 aromatic rings.